The van der Waals surface area contributed by atoms with E-state index in [1.807, 2.05) is 36.5 Å². The summed E-state index contributed by atoms with van der Waals surface area (Å²) >= 11 is 1.47. The molecule has 5 nitrogen and oxygen atoms in total. The minimum atomic E-state index is -0.444. The number of thiophene rings is 1. The van der Waals surface area contributed by atoms with E-state index in [0.717, 1.165) is 18.0 Å². The number of amides is 2. The molecule has 3 heterocycles. The number of carbonyl (C=O) groups is 2. The van der Waals surface area contributed by atoms with Gasteiger partial charge in [0.15, 0.2) is 0 Å². The van der Waals surface area contributed by atoms with Crippen LogP contribution in [0.25, 0.3) is 0 Å². The lowest BCUT2D eigenvalue weighted by Gasteiger charge is -2.31. The van der Waals surface area contributed by atoms with Gasteiger partial charge in [-0.3, -0.25) is 14.5 Å². The van der Waals surface area contributed by atoms with Gasteiger partial charge in [-0.1, -0.05) is 6.07 Å². The number of fused-ring (bicyclic) bond motifs is 1. The summed E-state index contributed by atoms with van der Waals surface area (Å²) in [4.78, 5) is 32.3. The molecule has 0 spiro atoms. The van der Waals surface area contributed by atoms with E-state index in [1.165, 1.54) is 11.3 Å². The van der Waals surface area contributed by atoms with E-state index in [2.05, 4.69) is 18.7 Å². The van der Waals surface area contributed by atoms with E-state index in [-0.39, 0.29) is 17.7 Å². The van der Waals surface area contributed by atoms with E-state index >= 15 is 0 Å². The van der Waals surface area contributed by atoms with Gasteiger partial charge in [0, 0.05) is 52.2 Å². The molecule has 0 saturated carbocycles. The zero-order chi connectivity index (χ0) is 16.8. The Hall–Kier alpha value is -1.40. The third kappa shape index (κ3) is 2.68. The molecule has 0 N–H and O–H groups in total. The third-order valence-electron chi connectivity index (χ3n) is 5.22. The SMILES string of the molecule is CC(C)N1C[C@H]2CN(C(=O)c3cccs3)C[C@@]2(C(=O)N(C)C)C1. The van der Waals surface area contributed by atoms with Crippen molar-refractivity contribution in [1.29, 1.82) is 0 Å². The van der Waals surface area contributed by atoms with Crippen LogP contribution in [0.5, 0.6) is 0 Å². The molecule has 0 bridgehead atoms. The van der Waals surface area contributed by atoms with Crippen molar-refractivity contribution in [3.63, 3.8) is 0 Å². The minimum absolute atomic E-state index is 0.0661. The highest BCUT2D eigenvalue weighted by molar-refractivity contribution is 7.12. The monoisotopic (exact) mass is 335 g/mol. The van der Waals surface area contributed by atoms with Crippen LogP contribution >= 0.6 is 11.3 Å². The molecule has 0 unspecified atom stereocenters. The fraction of sp³-hybridized carbons (Fsp3) is 0.647. The maximum atomic E-state index is 12.9. The molecule has 2 amide bonds. The molecule has 1 aromatic heterocycles. The molecular weight excluding hydrogens is 310 g/mol. The lowest BCUT2D eigenvalue weighted by atomic mass is 9.79. The van der Waals surface area contributed by atoms with Crippen molar-refractivity contribution >= 4 is 23.2 Å². The lowest BCUT2D eigenvalue weighted by Crippen LogP contribution is -2.48. The number of hydrogen-bond donors (Lipinski definition) is 0. The first kappa shape index (κ1) is 16.5. The van der Waals surface area contributed by atoms with Crippen molar-refractivity contribution in [3.05, 3.63) is 22.4 Å². The molecule has 3 rings (SSSR count). The predicted octanol–water partition coefficient (Wildman–Crippen LogP) is 1.62. The van der Waals surface area contributed by atoms with Gasteiger partial charge in [-0.15, -0.1) is 11.3 Å². The zero-order valence-corrected chi connectivity index (χ0v) is 15.1. The Labute approximate surface area is 141 Å². The average Bonchev–Trinajstić information content (AvgIpc) is 3.19. The summed E-state index contributed by atoms with van der Waals surface area (Å²) in [5.41, 5.74) is -0.444. The molecule has 2 fully saturated rings. The van der Waals surface area contributed by atoms with Crippen LogP contribution < -0.4 is 0 Å². The number of nitrogens with zero attached hydrogens (tertiary/aromatic N) is 3. The van der Waals surface area contributed by atoms with Crippen LogP contribution in [0.15, 0.2) is 17.5 Å². The van der Waals surface area contributed by atoms with Crippen molar-refractivity contribution in [2.24, 2.45) is 11.3 Å². The number of carbonyl (C=O) groups excluding carboxylic acids is 2. The van der Waals surface area contributed by atoms with Gasteiger partial charge in [-0.25, -0.2) is 0 Å². The highest BCUT2D eigenvalue weighted by Crippen LogP contribution is 2.44. The average molecular weight is 335 g/mol. The smallest absolute Gasteiger partial charge is 0.263 e. The first-order valence-corrected chi connectivity index (χ1v) is 9.01. The zero-order valence-electron chi connectivity index (χ0n) is 14.3. The molecule has 0 radical (unpaired) electrons. The second-order valence-electron chi connectivity index (χ2n) is 7.24. The van der Waals surface area contributed by atoms with Crippen LogP contribution in [0.2, 0.25) is 0 Å². The summed E-state index contributed by atoms with van der Waals surface area (Å²) in [5.74, 6) is 0.451. The van der Waals surface area contributed by atoms with Gasteiger partial charge in [-0.05, 0) is 25.3 Å². The summed E-state index contributed by atoms with van der Waals surface area (Å²) < 4.78 is 0. The lowest BCUT2D eigenvalue weighted by molar-refractivity contribution is -0.139. The summed E-state index contributed by atoms with van der Waals surface area (Å²) in [5, 5.41) is 1.92. The Balaban J connectivity index is 1.86. The molecule has 2 aliphatic heterocycles. The highest BCUT2D eigenvalue weighted by Gasteiger charge is 2.58. The van der Waals surface area contributed by atoms with Crippen molar-refractivity contribution in [3.8, 4) is 0 Å². The fourth-order valence-electron chi connectivity index (χ4n) is 3.96. The minimum Gasteiger partial charge on any atom is -0.348 e. The molecule has 1 aromatic rings. The largest absolute Gasteiger partial charge is 0.348 e. The molecule has 0 aliphatic carbocycles. The van der Waals surface area contributed by atoms with Gasteiger partial charge in [0.1, 0.15) is 0 Å². The Morgan fingerprint density at radius 2 is 2.04 bits per heavy atom. The van der Waals surface area contributed by atoms with Crippen LogP contribution in [0, 0.1) is 11.3 Å². The fourth-order valence-corrected chi connectivity index (χ4v) is 4.65. The molecule has 2 atom stereocenters. The van der Waals surface area contributed by atoms with Crippen LogP contribution in [-0.2, 0) is 4.79 Å². The second kappa shape index (κ2) is 5.91. The van der Waals surface area contributed by atoms with E-state index in [4.69, 9.17) is 0 Å². The maximum Gasteiger partial charge on any atom is 0.263 e. The van der Waals surface area contributed by atoms with Gasteiger partial charge in [-0.2, -0.15) is 0 Å². The van der Waals surface area contributed by atoms with E-state index in [0.29, 0.717) is 19.1 Å². The van der Waals surface area contributed by atoms with Gasteiger partial charge in [0.25, 0.3) is 5.91 Å². The van der Waals surface area contributed by atoms with Gasteiger partial charge < -0.3 is 9.80 Å². The van der Waals surface area contributed by atoms with Crippen molar-refractivity contribution < 1.29 is 9.59 Å². The van der Waals surface area contributed by atoms with E-state index in [1.54, 1.807) is 4.90 Å². The number of likely N-dealkylation sites (tertiary alicyclic amines) is 2. The maximum absolute atomic E-state index is 12.9. The van der Waals surface area contributed by atoms with Gasteiger partial charge >= 0.3 is 0 Å². The quantitative estimate of drug-likeness (QED) is 0.843. The highest BCUT2D eigenvalue weighted by atomic mass is 32.1. The van der Waals surface area contributed by atoms with Crippen molar-refractivity contribution in [2.75, 3.05) is 40.3 Å². The molecule has 23 heavy (non-hydrogen) atoms. The third-order valence-corrected chi connectivity index (χ3v) is 6.07. The first-order chi connectivity index (χ1) is 10.8. The van der Waals surface area contributed by atoms with Crippen molar-refractivity contribution in [2.45, 2.75) is 19.9 Å². The summed E-state index contributed by atoms with van der Waals surface area (Å²) in [6.45, 7) is 7.20. The Bertz CT molecular complexity index is 599. The molecule has 126 valence electrons. The molecule has 2 aliphatic rings. The van der Waals surface area contributed by atoms with Crippen LogP contribution in [0.1, 0.15) is 23.5 Å². The van der Waals surface area contributed by atoms with Gasteiger partial charge in [0.05, 0.1) is 10.3 Å². The Kier molecular flexibility index (Phi) is 4.23. The summed E-state index contributed by atoms with van der Waals surface area (Å²) in [7, 11) is 3.63. The Morgan fingerprint density at radius 3 is 2.61 bits per heavy atom. The molecule has 2 saturated heterocycles. The molecular formula is C17H25N3O2S. The molecule has 6 heteroatoms. The number of hydrogen-bond acceptors (Lipinski definition) is 4. The van der Waals surface area contributed by atoms with E-state index < -0.39 is 5.41 Å². The first-order valence-electron chi connectivity index (χ1n) is 8.14. The van der Waals surface area contributed by atoms with Crippen molar-refractivity contribution in [1.82, 2.24) is 14.7 Å². The normalized spacial score (nSPS) is 27.5. The van der Waals surface area contributed by atoms with Crippen LogP contribution in [-0.4, -0.2) is 72.8 Å². The van der Waals surface area contributed by atoms with E-state index in [9.17, 15) is 9.59 Å². The summed E-state index contributed by atoms with van der Waals surface area (Å²) in [6, 6.07) is 4.19. The number of rotatable bonds is 3. The molecule has 0 aromatic carbocycles. The van der Waals surface area contributed by atoms with Gasteiger partial charge in [0.2, 0.25) is 5.91 Å². The second-order valence-corrected chi connectivity index (χ2v) is 8.19. The Morgan fingerprint density at radius 1 is 1.30 bits per heavy atom. The predicted molar refractivity (Wildman–Crippen MR) is 91.5 cm³/mol. The van der Waals surface area contributed by atoms with Crippen LogP contribution in [0.4, 0.5) is 0 Å². The topological polar surface area (TPSA) is 43.9 Å². The summed E-state index contributed by atoms with van der Waals surface area (Å²) in [6.07, 6.45) is 0. The van der Waals surface area contributed by atoms with Crippen LogP contribution in [0.3, 0.4) is 0 Å². The standard InChI is InChI=1S/C17H25N3O2S/c1-12(2)19-8-13-9-20(15(21)14-6-5-7-23-14)11-17(13,10-19)16(22)18(3)4/h5-7,12-13H,8-11H2,1-4H3/t13-,17-/m0/s1.